The van der Waals surface area contributed by atoms with Crippen molar-refractivity contribution in [2.24, 2.45) is 0 Å². The highest BCUT2D eigenvalue weighted by Gasteiger charge is 2.23. The Balaban J connectivity index is 2.50. The Kier molecular flexibility index (Phi) is 1.85. The molecule has 0 spiro atoms. The van der Waals surface area contributed by atoms with Gasteiger partial charge in [-0.15, -0.1) is 0 Å². The highest BCUT2D eigenvalue weighted by molar-refractivity contribution is 7.92. The smallest absolute Gasteiger partial charge is 0.237 e. The van der Waals surface area contributed by atoms with Crippen LogP contribution in [-0.2, 0) is 15.8 Å². The number of carbonyl (C=O) groups excluding carboxylic acids is 1. The summed E-state index contributed by atoms with van der Waals surface area (Å²) in [4.78, 5) is 11.0. The van der Waals surface area contributed by atoms with E-state index in [0.29, 0.717) is 16.8 Å². The molecule has 14 heavy (non-hydrogen) atoms. The zero-order chi connectivity index (χ0) is 10.3. The molecule has 0 aromatic heterocycles. The number of sulfonamides is 1. The van der Waals surface area contributed by atoms with E-state index in [2.05, 4.69) is 4.72 Å². The number of nitrogens with one attached hydrogen (secondary N) is 1. The molecular formula is C9H9NO3S. The van der Waals surface area contributed by atoms with Crippen molar-refractivity contribution < 1.29 is 13.2 Å². The van der Waals surface area contributed by atoms with E-state index in [0.717, 1.165) is 0 Å². The first-order valence-electron chi connectivity index (χ1n) is 4.12. The second-order valence-corrected chi connectivity index (χ2v) is 5.01. The van der Waals surface area contributed by atoms with E-state index in [1.165, 1.54) is 6.92 Å². The third-order valence-electron chi connectivity index (χ3n) is 2.12. The third kappa shape index (κ3) is 1.50. The van der Waals surface area contributed by atoms with E-state index in [1.54, 1.807) is 18.2 Å². The largest absolute Gasteiger partial charge is 0.295 e. The van der Waals surface area contributed by atoms with Crippen molar-refractivity contribution in [1.82, 2.24) is 0 Å². The highest BCUT2D eigenvalue weighted by atomic mass is 32.2. The molecule has 1 aromatic rings. The van der Waals surface area contributed by atoms with Crippen LogP contribution in [0.1, 0.15) is 22.8 Å². The van der Waals surface area contributed by atoms with Gasteiger partial charge < -0.3 is 0 Å². The fourth-order valence-corrected chi connectivity index (χ4v) is 2.69. The van der Waals surface area contributed by atoms with E-state index in [4.69, 9.17) is 0 Å². The van der Waals surface area contributed by atoms with Crippen LogP contribution in [0.4, 0.5) is 5.69 Å². The minimum absolute atomic E-state index is 0.0382. The van der Waals surface area contributed by atoms with Gasteiger partial charge in [0.25, 0.3) is 0 Å². The lowest BCUT2D eigenvalue weighted by molar-refractivity contribution is 0.101. The van der Waals surface area contributed by atoms with Gasteiger partial charge in [-0.05, 0) is 30.7 Å². The van der Waals surface area contributed by atoms with E-state index < -0.39 is 10.0 Å². The van der Waals surface area contributed by atoms with Crippen molar-refractivity contribution in [2.75, 3.05) is 4.72 Å². The zero-order valence-electron chi connectivity index (χ0n) is 7.57. The minimum atomic E-state index is -3.21. The Bertz CT molecular complexity index is 505. The van der Waals surface area contributed by atoms with Gasteiger partial charge in [-0.2, -0.15) is 0 Å². The van der Waals surface area contributed by atoms with Crippen molar-refractivity contribution >= 4 is 21.5 Å². The molecule has 4 nitrogen and oxygen atoms in total. The molecule has 1 aliphatic heterocycles. The number of hydrogen-bond donors (Lipinski definition) is 1. The molecule has 0 saturated heterocycles. The van der Waals surface area contributed by atoms with Crippen molar-refractivity contribution in [3.05, 3.63) is 29.3 Å². The van der Waals surface area contributed by atoms with Crippen LogP contribution in [0.5, 0.6) is 0 Å². The molecule has 0 fully saturated rings. The van der Waals surface area contributed by atoms with Crippen molar-refractivity contribution in [3.63, 3.8) is 0 Å². The van der Waals surface area contributed by atoms with Crippen LogP contribution in [0, 0.1) is 0 Å². The average molecular weight is 211 g/mol. The summed E-state index contributed by atoms with van der Waals surface area (Å²) in [5.74, 6) is -0.0965. The van der Waals surface area contributed by atoms with Crippen molar-refractivity contribution in [2.45, 2.75) is 12.7 Å². The van der Waals surface area contributed by atoms with Crippen LogP contribution in [0.25, 0.3) is 0 Å². The molecule has 0 radical (unpaired) electrons. The predicted molar refractivity (Wildman–Crippen MR) is 52.7 cm³/mol. The summed E-state index contributed by atoms with van der Waals surface area (Å²) < 4.78 is 24.7. The Morgan fingerprint density at radius 3 is 2.79 bits per heavy atom. The zero-order valence-corrected chi connectivity index (χ0v) is 8.39. The molecule has 1 heterocycles. The van der Waals surface area contributed by atoms with Crippen LogP contribution in [0.15, 0.2) is 18.2 Å². The lowest BCUT2D eigenvalue weighted by Gasteiger charge is -1.99. The summed E-state index contributed by atoms with van der Waals surface area (Å²) >= 11 is 0. The third-order valence-corrected chi connectivity index (χ3v) is 3.34. The van der Waals surface area contributed by atoms with E-state index in [-0.39, 0.29) is 11.5 Å². The molecule has 0 bridgehead atoms. The van der Waals surface area contributed by atoms with Gasteiger partial charge in [-0.1, -0.05) is 0 Å². The number of hydrogen-bond acceptors (Lipinski definition) is 3. The van der Waals surface area contributed by atoms with Crippen LogP contribution in [0.3, 0.4) is 0 Å². The lowest BCUT2D eigenvalue weighted by Crippen LogP contribution is -2.05. The average Bonchev–Trinajstić information content (AvgIpc) is 2.36. The van der Waals surface area contributed by atoms with E-state index >= 15 is 0 Å². The van der Waals surface area contributed by atoms with Crippen LogP contribution in [0.2, 0.25) is 0 Å². The number of anilines is 1. The van der Waals surface area contributed by atoms with Gasteiger partial charge in [0.2, 0.25) is 10.0 Å². The first-order chi connectivity index (χ1) is 6.48. The molecule has 5 heteroatoms. The molecule has 74 valence electrons. The van der Waals surface area contributed by atoms with Gasteiger partial charge in [0, 0.05) is 5.56 Å². The number of benzene rings is 1. The van der Waals surface area contributed by atoms with Gasteiger partial charge >= 0.3 is 0 Å². The van der Waals surface area contributed by atoms with Crippen LogP contribution < -0.4 is 4.72 Å². The number of Topliss-reactive ketones (excluding diaryl/α,β-unsaturated/α-hetero) is 1. The van der Waals surface area contributed by atoms with E-state index in [1.807, 2.05) is 0 Å². The molecule has 0 amide bonds. The van der Waals surface area contributed by atoms with E-state index in [9.17, 15) is 13.2 Å². The maximum atomic E-state index is 11.2. The fraction of sp³-hybridized carbons (Fsp3) is 0.222. The lowest BCUT2D eigenvalue weighted by atomic mass is 10.1. The van der Waals surface area contributed by atoms with Crippen molar-refractivity contribution in [1.29, 1.82) is 0 Å². The molecule has 1 aliphatic rings. The van der Waals surface area contributed by atoms with Gasteiger partial charge in [0.1, 0.15) is 0 Å². The van der Waals surface area contributed by atoms with Crippen molar-refractivity contribution in [3.8, 4) is 0 Å². The monoisotopic (exact) mass is 211 g/mol. The maximum Gasteiger partial charge on any atom is 0.237 e. The summed E-state index contributed by atoms with van der Waals surface area (Å²) in [5, 5.41) is 0. The predicted octanol–water partition coefficient (Wildman–Crippen LogP) is 1.14. The normalized spacial score (nSPS) is 17.2. The molecular weight excluding hydrogens is 202 g/mol. The number of carbonyl (C=O) groups is 1. The van der Waals surface area contributed by atoms with Gasteiger partial charge in [-0.3, -0.25) is 9.52 Å². The SMILES string of the molecule is CC(=O)c1ccc2c(c1)CS(=O)(=O)N2. The summed E-state index contributed by atoms with van der Waals surface area (Å²) in [7, 11) is -3.21. The Morgan fingerprint density at radius 1 is 1.43 bits per heavy atom. The standard InChI is InChI=1S/C9H9NO3S/c1-6(11)7-2-3-9-8(4-7)5-14(12,13)10-9/h2-4,10H,5H2,1H3. The molecule has 1 aromatic carbocycles. The van der Waals surface area contributed by atoms with Crippen LogP contribution in [-0.4, -0.2) is 14.2 Å². The number of ketones is 1. The second kappa shape index (κ2) is 2.81. The Hall–Kier alpha value is -1.36. The summed E-state index contributed by atoms with van der Waals surface area (Å²) in [5.41, 5.74) is 1.79. The first kappa shape index (κ1) is 9.21. The highest BCUT2D eigenvalue weighted by Crippen LogP contribution is 2.27. The van der Waals surface area contributed by atoms with Gasteiger partial charge in [-0.25, -0.2) is 8.42 Å². The summed E-state index contributed by atoms with van der Waals surface area (Å²) in [6, 6.07) is 4.86. The molecule has 0 atom stereocenters. The fourth-order valence-electron chi connectivity index (χ4n) is 1.44. The molecule has 1 N–H and O–H groups in total. The second-order valence-electron chi connectivity index (χ2n) is 3.29. The van der Waals surface area contributed by atoms with Gasteiger partial charge in [0.15, 0.2) is 5.78 Å². The number of rotatable bonds is 1. The van der Waals surface area contributed by atoms with Gasteiger partial charge in [0.05, 0.1) is 11.4 Å². The molecule has 0 unspecified atom stereocenters. The molecule has 0 saturated carbocycles. The molecule has 2 rings (SSSR count). The first-order valence-corrected chi connectivity index (χ1v) is 5.77. The maximum absolute atomic E-state index is 11.2. The Labute approximate surface area is 82.0 Å². The summed E-state index contributed by atoms with van der Waals surface area (Å²) in [6.07, 6.45) is 0. The number of fused-ring (bicyclic) bond motifs is 1. The topological polar surface area (TPSA) is 63.2 Å². The summed E-state index contributed by atoms with van der Waals surface area (Å²) in [6.45, 7) is 1.46. The quantitative estimate of drug-likeness (QED) is 0.708. The van der Waals surface area contributed by atoms with Crippen LogP contribution >= 0.6 is 0 Å². The Morgan fingerprint density at radius 2 is 2.14 bits per heavy atom. The molecule has 0 aliphatic carbocycles. The minimum Gasteiger partial charge on any atom is -0.295 e.